The molecule has 2 amide bonds. The minimum atomic E-state index is -0.645. The van der Waals surface area contributed by atoms with Gasteiger partial charge in [0.2, 0.25) is 5.91 Å². The number of benzene rings is 1. The molecule has 116 valence electrons. The van der Waals surface area contributed by atoms with Crippen LogP contribution in [0.3, 0.4) is 0 Å². The molecule has 1 aromatic carbocycles. The van der Waals surface area contributed by atoms with Crippen LogP contribution in [-0.4, -0.2) is 22.8 Å². The second-order valence-corrected chi connectivity index (χ2v) is 5.93. The maximum absolute atomic E-state index is 11.8. The minimum Gasteiger partial charge on any atom is -0.444 e. The van der Waals surface area contributed by atoms with Gasteiger partial charge in [-0.05, 0) is 38.5 Å². The van der Waals surface area contributed by atoms with E-state index >= 15 is 0 Å². The van der Waals surface area contributed by atoms with Crippen molar-refractivity contribution in [2.45, 2.75) is 38.8 Å². The molecule has 0 unspecified atom stereocenters. The van der Waals surface area contributed by atoms with Crippen LogP contribution in [0.1, 0.15) is 38.8 Å². The summed E-state index contributed by atoms with van der Waals surface area (Å²) in [5.74, 6) is -0.619. The van der Waals surface area contributed by atoms with E-state index in [1.165, 1.54) is 0 Å². The second kappa shape index (κ2) is 7.28. The van der Waals surface area contributed by atoms with Crippen molar-refractivity contribution in [2.24, 2.45) is 0 Å². The van der Waals surface area contributed by atoms with E-state index in [9.17, 15) is 9.59 Å². The Morgan fingerprint density at radius 1 is 1.29 bits per heavy atom. The van der Waals surface area contributed by atoms with Crippen LogP contribution in [-0.2, 0) is 9.53 Å². The van der Waals surface area contributed by atoms with Gasteiger partial charge in [-0.15, -0.1) is 0 Å². The van der Waals surface area contributed by atoms with E-state index in [2.05, 4.69) is 5.32 Å². The van der Waals surface area contributed by atoms with Gasteiger partial charge in [0.05, 0.1) is 12.5 Å². The van der Waals surface area contributed by atoms with Gasteiger partial charge in [0, 0.05) is 5.02 Å². The molecule has 0 heterocycles. The molecule has 1 atom stereocenters. The molecule has 0 fully saturated rings. The van der Waals surface area contributed by atoms with Crippen LogP contribution in [0, 0.1) is 0 Å². The SMILES string of the molecule is CC(C)(C)OC(=O)N[C@@H](CC(=O)NO)c1ccc(Cl)cc1. The zero-order chi connectivity index (χ0) is 16.0. The molecule has 0 radical (unpaired) electrons. The second-order valence-electron chi connectivity index (χ2n) is 5.49. The lowest BCUT2D eigenvalue weighted by atomic mass is 10.0. The Labute approximate surface area is 128 Å². The first kappa shape index (κ1) is 17.3. The Balaban J connectivity index is 2.84. The number of hydroxylamine groups is 1. The fraction of sp³-hybridized carbons (Fsp3) is 0.429. The first-order chi connectivity index (χ1) is 9.71. The number of rotatable bonds is 4. The highest BCUT2D eigenvalue weighted by Crippen LogP contribution is 2.20. The maximum Gasteiger partial charge on any atom is 0.408 e. The van der Waals surface area contributed by atoms with E-state index in [0.29, 0.717) is 10.6 Å². The zero-order valence-electron chi connectivity index (χ0n) is 12.1. The molecule has 0 aliphatic rings. The van der Waals surface area contributed by atoms with Gasteiger partial charge >= 0.3 is 6.09 Å². The molecule has 3 N–H and O–H groups in total. The molecule has 0 aliphatic heterocycles. The number of nitrogens with one attached hydrogen (secondary N) is 2. The monoisotopic (exact) mass is 314 g/mol. The zero-order valence-corrected chi connectivity index (χ0v) is 12.9. The van der Waals surface area contributed by atoms with Crippen LogP contribution in [0.4, 0.5) is 4.79 Å². The lowest BCUT2D eigenvalue weighted by Crippen LogP contribution is -2.37. The summed E-state index contributed by atoms with van der Waals surface area (Å²) in [6.45, 7) is 5.22. The van der Waals surface area contributed by atoms with Crippen LogP contribution in [0.5, 0.6) is 0 Å². The van der Waals surface area contributed by atoms with E-state index in [1.54, 1.807) is 50.5 Å². The number of amides is 2. The molecule has 0 saturated heterocycles. The number of hydrogen-bond donors (Lipinski definition) is 3. The number of halogens is 1. The van der Waals surface area contributed by atoms with E-state index in [0.717, 1.165) is 0 Å². The van der Waals surface area contributed by atoms with Gasteiger partial charge in [-0.1, -0.05) is 23.7 Å². The highest BCUT2D eigenvalue weighted by Gasteiger charge is 2.22. The highest BCUT2D eigenvalue weighted by molar-refractivity contribution is 6.30. The molecule has 0 spiro atoms. The van der Waals surface area contributed by atoms with E-state index in [1.807, 2.05) is 0 Å². The predicted molar refractivity (Wildman–Crippen MR) is 78.1 cm³/mol. The van der Waals surface area contributed by atoms with E-state index in [4.69, 9.17) is 21.5 Å². The van der Waals surface area contributed by atoms with Gasteiger partial charge in [0.1, 0.15) is 5.60 Å². The average Bonchev–Trinajstić information content (AvgIpc) is 2.36. The summed E-state index contributed by atoms with van der Waals surface area (Å²) in [4.78, 5) is 23.2. The van der Waals surface area contributed by atoms with Crippen molar-refractivity contribution < 1.29 is 19.5 Å². The Morgan fingerprint density at radius 2 is 1.86 bits per heavy atom. The minimum absolute atomic E-state index is 0.128. The van der Waals surface area contributed by atoms with Crippen LogP contribution < -0.4 is 10.8 Å². The molecule has 0 bridgehead atoms. The Kier molecular flexibility index (Phi) is 5.99. The molecule has 0 saturated carbocycles. The van der Waals surface area contributed by atoms with Gasteiger partial charge in [0.15, 0.2) is 0 Å². The van der Waals surface area contributed by atoms with E-state index in [-0.39, 0.29) is 6.42 Å². The van der Waals surface area contributed by atoms with Crippen LogP contribution in [0.15, 0.2) is 24.3 Å². The van der Waals surface area contributed by atoms with Crippen molar-refractivity contribution in [3.05, 3.63) is 34.9 Å². The topological polar surface area (TPSA) is 87.7 Å². The van der Waals surface area contributed by atoms with Gasteiger partial charge in [-0.3, -0.25) is 10.0 Å². The van der Waals surface area contributed by atoms with Gasteiger partial charge in [0.25, 0.3) is 0 Å². The molecule has 1 rings (SSSR count). The Morgan fingerprint density at radius 3 is 2.33 bits per heavy atom. The summed E-state index contributed by atoms with van der Waals surface area (Å²) in [6.07, 6.45) is -0.773. The molecule has 1 aromatic rings. The maximum atomic E-state index is 11.8. The van der Waals surface area contributed by atoms with Gasteiger partial charge < -0.3 is 10.1 Å². The first-order valence-electron chi connectivity index (χ1n) is 6.39. The third-order valence-corrected chi connectivity index (χ3v) is 2.73. The smallest absolute Gasteiger partial charge is 0.408 e. The van der Waals surface area contributed by atoms with Crippen molar-refractivity contribution in [3.63, 3.8) is 0 Å². The molecule has 21 heavy (non-hydrogen) atoms. The summed E-state index contributed by atoms with van der Waals surface area (Å²) < 4.78 is 5.16. The largest absolute Gasteiger partial charge is 0.444 e. The number of carbonyl (C=O) groups is 2. The van der Waals surface area contributed by atoms with Crippen LogP contribution in [0.25, 0.3) is 0 Å². The van der Waals surface area contributed by atoms with Crippen molar-refractivity contribution in [3.8, 4) is 0 Å². The Hall–Kier alpha value is -1.79. The van der Waals surface area contributed by atoms with E-state index < -0.39 is 23.6 Å². The summed E-state index contributed by atoms with van der Waals surface area (Å²) in [7, 11) is 0. The average molecular weight is 315 g/mol. The number of alkyl carbamates (subject to hydrolysis) is 1. The number of carbonyl (C=O) groups excluding carboxylic acids is 2. The summed E-state index contributed by atoms with van der Waals surface area (Å²) in [5.41, 5.74) is 1.57. The fourth-order valence-corrected chi connectivity index (χ4v) is 1.75. The Bertz CT molecular complexity index is 497. The molecular weight excluding hydrogens is 296 g/mol. The van der Waals surface area contributed by atoms with Gasteiger partial charge in [-0.2, -0.15) is 0 Å². The summed E-state index contributed by atoms with van der Waals surface area (Å²) in [5, 5.41) is 11.8. The van der Waals surface area contributed by atoms with Crippen molar-refractivity contribution >= 4 is 23.6 Å². The van der Waals surface area contributed by atoms with Gasteiger partial charge in [-0.25, -0.2) is 10.3 Å². The molecular formula is C14H19ClN2O4. The lowest BCUT2D eigenvalue weighted by Gasteiger charge is -2.23. The fourth-order valence-electron chi connectivity index (χ4n) is 1.63. The molecule has 0 aliphatic carbocycles. The van der Waals surface area contributed by atoms with Crippen molar-refractivity contribution in [2.75, 3.05) is 0 Å². The third-order valence-electron chi connectivity index (χ3n) is 2.48. The molecule has 0 aromatic heterocycles. The third kappa shape index (κ3) is 6.46. The van der Waals surface area contributed by atoms with Crippen LogP contribution in [0.2, 0.25) is 5.02 Å². The van der Waals surface area contributed by atoms with Crippen molar-refractivity contribution in [1.29, 1.82) is 0 Å². The molecule has 7 heteroatoms. The van der Waals surface area contributed by atoms with Crippen LogP contribution >= 0.6 is 11.6 Å². The number of hydrogen-bond acceptors (Lipinski definition) is 4. The quantitative estimate of drug-likeness (QED) is 0.589. The highest BCUT2D eigenvalue weighted by atomic mass is 35.5. The number of ether oxygens (including phenoxy) is 1. The summed E-state index contributed by atoms with van der Waals surface area (Å²) in [6, 6.07) is 6.04. The predicted octanol–water partition coefficient (Wildman–Crippen LogP) is 2.80. The van der Waals surface area contributed by atoms with Crippen molar-refractivity contribution in [1.82, 2.24) is 10.8 Å². The normalized spacial score (nSPS) is 12.4. The lowest BCUT2D eigenvalue weighted by molar-refractivity contribution is -0.129. The summed E-state index contributed by atoms with van der Waals surface area (Å²) >= 11 is 5.81. The standard InChI is InChI=1S/C14H19ClN2O4/c1-14(2,3)21-13(19)16-11(8-12(18)17-20)9-4-6-10(15)7-5-9/h4-7,11,20H,8H2,1-3H3,(H,16,19)(H,17,18)/t11-/m0/s1. The molecule has 6 nitrogen and oxygen atoms in total. The first-order valence-corrected chi connectivity index (χ1v) is 6.77.